The maximum Gasteiger partial charge on any atom is 0.326 e. The highest BCUT2D eigenvalue weighted by atomic mass is 16.4. The molecule has 0 aliphatic heterocycles. The number of hydrogen-bond donors (Lipinski definition) is 2. The molecule has 0 saturated carbocycles. The van der Waals surface area contributed by atoms with Gasteiger partial charge in [0, 0.05) is 13.6 Å². The molecule has 0 radical (unpaired) electrons. The number of nitriles is 1. The van der Waals surface area contributed by atoms with Crippen molar-refractivity contribution in [2.45, 2.75) is 32.7 Å². The number of carbonyl (C=O) groups is 2. The minimum atomic E-state index is -1.04. The topological polar surface area (TPSA) is 93.4 Å². The largest absolute Gasteiger partial charge is 0.480 e. The number of amides is 2. The van der Waals surface area contributed by atoms with Crippen LogP contribution in [-0.2, 0) is 4.79 Å². The summed E-state index contributed by atoms with van der Waals surface area (Å²) >= 11 is 0. The van der Waals surface area contributed by atoms with Crippen LogP contribution < -0.4 is 5.32 Å². The number of carboxylic acids is 1. The van der Waals surface area contributed by atoms with E-state index >= 15 is 0 Å². The number of urea groups is 1. The molecule has 0 fully saturated rings. The van der Waals surface area contributed by atoms with Crippen molar-refractivity contribution in [3.05, 3.63) is 0 Å². The van der Waals surface area contributed by atoms with Crippen LogP contribution in [0.3, 0.4) is 0 Å². The molecule has 0 aromatic carbocycles. The van der Waals surface area contributed by atoms with E-state index in [0.717, 1.165) is 0 Å². The predicted octanol–water partition coefficient (Wildman–Crippen LogP) is 1.04. The highest BCUT2D eigenvalue weighted by molar-refractivity contribution is 5.82. The number of rotatable bonds is 6. The number of nitrogens with zero attached hydrogens (tertiary/aromatic N) is 2. The van der Waals surface area contributed by atoms with Gasteiger partial charge < -0.3 is 15.3 Å². The van der Waals surface area contributed by atoms with Crippen LogP contribution in [-0.4, -0.2) is 41.6 Å². The smallest absolute Gasteiger partial charge is 0.326 e. The zero-order chi connectivity index (χ0) is 13.4. The highest BCUT2D eigenvalue weighted by Gasteiger charge is 2.26. The van der Waals surface area contributed by atoms with Crippen LogP contribution in [0.1, 0.15) is 26.7 Å². The van der Waals surface area contributed by atoms with E-state index in [0.29, 0.717) is 6.42 Å². The Kier molecular flexibility index (Phi) is 6.71. The third kappa shape index (κ3) is 5.20. The second-order valence-electron chi connectivity index (χ2n) is 3.98. The number of carboxylic acid groups (broad SMARTS) is 1. The Bertz CT molecular complexity index is 312. The molecular formula is C11H19N3O3. The van der Waals surface area contributed by atoms with E-state index in [1.165, 1.54) is 11.9 Å². The predicted molar refractivity (Wildman–Crippen MR) is 62.3 cm³/mol. The van der Waals surface area contributed by atoms with Gasteiger partial charge in [0.25, 0.3) is 0 Å². The van der Waals surface area contributed by atoms with Gasteiger partial charge in [0.05, 0.1) is 12.5 Å². The van der Waals surface area contributed by atoms with Crippen molar-refractivity contribution < 1.29 is 14.7 Å². The normalized spacial score (nSPS) is 13.3. The summed E-state index contributed by atoms with van der Waals surface area (Å²) in [5.41, 5.74) is 0. The van der Waals surface area contributed by atoms with E-state index in [-0.39, 0.29) is 18.9 Å². The molecule has 96 valence electrons. The molecule has 0 bridgehead atoms. The molecular weight excluding hydrogens is 222 g/mol. The summed E-state index contributed by atoms with van der Waals surface area (Å²) in [6.07, 6.45) is 0.893. The quantitative estimate of drug-likeness (QED) is 0.726. The molecule has 2 N–H and O–H groups in total. The van der Waals surface area contributed by atoms with Crippen molar-refractivity contribution in [2.75, 3.05) is 13.6 Å². The monoisotopic (exact) mass is 241 g/mol. The van der Waals surface area contributed by atoms with E-state index < -0.39 is 18.0 Å². The van der Waals surface area contributed by atoms with E-state index in [4.69, 9.17) is 10.4 Å². The van der Waals surface area contributed by atoms with E-state index in [2.05, 4.69) is 5.32 Å². The Morgan fingerprint density at radius 3 is 2.53 bits per heavy atom. The van der Waals surface area contributed by atoms with Crippen LogP contribution in [0.5, 0.6) is 0 Å². The molecule has 6 heteroatoms. The summed E-state index contributed by atoms with van der Waals surface area (Å²) in [6.45, 7) is 3.93. The third-order valence-electron chi connectivity index (χ3n) is 2.66. The molecule has 0 heterocycles. The van der Waals surface area contributed by atoms with E-state index in [1.54, 1.807) is 6.92 Å². The fourth-order valence-electron chi connectivity index (χ4n) is 1.25. The number of nitrogens with one attached hydrogen (secondary N) is 1. The lowest BCUT2D eigenvalue weighted by Crippen LogP contribution is -2.49. The molecule has 0 aliphatic carbocycles. The minimum Gasteiger partial charge on any atom is -0.480 e. The molecule has 0 spiro atoms. The maximum atomic E-state index is 11.6. The first-order chi connectivity index (χ1) is 7.93. The fourth-order valence-corrected chi connectivity index (χ4v) is 1.25. The number of carbonyl (C=O) groups excluding carboxylic acids is 1. The molecule has 2 amide bonds. The zero-order valence-electron chi connectivity index (χ0n) is 10.4. The van der Waals surface area contributed by atoms with Crippen LogP contribution in [0.2, 0.25) is 0 Å². The number of aliphatic carboxylic acids is 1. The molecule has 17 heavy (non-hydrogen) atoms. The highest BCUT2D eigenvalue weighted by Crippen LogP contribution is 2.08. The van der Waals surface area contributed by atoms with E-state index in [1.807, 2.05) is 13.0 Å². The van der Waals surface area contributed by atoms with Gasteiger partial charge in [0.15, 0.2) is 0 Å². The van der Waals surface area contributed by atoms with Gasteiger partial charge in [0.2, 0.25) is 0 Å². The fraction of sp³-hybridized carbons (Fsp3) is 0.727. The van der Waals surface area contributed by atoms with Crippen LogP contribution in [0, 0.1) is 17.2 Å². The van der Waals surface area contributed by atoms with Gasteiger partial charge in [-0.25, -0.2) is 9.59 Å². The lowest BCUT2D eigenvalue weighted by molar-refractivity contribution is -0.140. The summed E-state index contributed by atoms with van der Waals surface area (Å²) in [6, 6.07) is 0.569. The van der Waals surface area contributed by atoms with E-state index in [9.17, 15) is 9.59 Å². The lowest BCUT2D eigenvalue weighted by Gasteiger charge is -2.23. The maximum absolute atomic E-state index is 11.6. The number of hydrogen-bond acceptors (Lipinski definition) is 3. The molecule has 0 rings (SSSR count). The van der Waals surface area contributed by atoms with Gasteiger partial charge in [-0.2, -0.15) is 5.26 Å². The third-order valence-corrected chi connectivity index (χ3v) is 2.66. The lowest BCUT2D eigenvalue weighted by atomic mass is 9.99. The van der Waals surface area contributed by atoms with Gasteiger partial charge in [-0.15, -0.1) is 0 Å². The van der Waals surface area contributed by atoms with Gasteiger partial charge in [-0.05, 0) is 5.92 Å². The van der Waals surface area contributed by atoms with Crippen LogP contribution in [0.15, 0.2) is 0 Å². The van der Waals surface area contributed by atoms with Crippen molar-refractivity contribution in [2.24, 2.45) is 5.92 Å². The van der Waals surface area contributed by atoms with Gasteiger partial charge in [-0.1, -0.05) is 20.3 Å². The zero-order valence-corrected chi connectivity index (χ0v) is 10.4. The SMILES string of the molecule is CCC(C)[C@H](NC(=O)N(C)CCC#N)C(=O)O. The summed E-state index contributed by atoms with van der Waals surface area (Å²) in [7, 11) is 1.53. The van der Waals surface area contributed by atoms with Crippen molar-refractivity contribution in [1.29, 1.82) is 5.26 Å². The molecule has 6 nitrogen and oxygen atoms in total. The van der Waals surface area contributed by atoms with Crippen LogP contribution >= 0.6 is 0 Å². The summed E-state index contributed by atoms with van der Waals surface area (Å²) in [4.78, 5) is 23.9. The average molecular weight is 241 g/mol. The average Bonchev–Trinajstić information content (AvgIpc) is 2.31. The molecule has 0 aromatic rings. The first kappa shape index (κ1) is 15.2. The van der Waals surface area contributed by atoms with Gasteiger partial charge >= 0.3 is 12.0 Å². The van der Waals surface area contributed by atoms with Gasteiger partial charge in [-0.3, -0.25) is 0 Å². The molecule has 2 atom stereocenters. The minimum absolute atomic E-state index is 0.138. The Morgan fingerprint density at radius 1 is 1.53 bits per heavy atom. The Hall–Kier alpha value is -1.77. The van der Waals surface area contributed by atoms with Gasteiger partial charge in [0.1, 0.15) is 6.04 Å². The molecule has 1 unspecified atom stereocenters. The second kappa shape index (κ2) is 7.49. The van der Waals surface area contributed by atoms with Crippen molar-refractivity contribution in [3.8, 4) is 6.07 Å². The summed E-state index contributed by atoms with van der Waals surface area (Å²) in [5.74, 6) is -1.18. The van der Waals surface area contributed by atoms with Crippen molar-refractivity contribution >= 4 is 12.0 Å². The van der Waals surface area contributed by atoms with Crippen molar-refractivity contribution in [3.63, 3.8) is 0 Å². The van der Waals surface area contributed by atoms with Crippen LogP contribution in [0.25, 0.3) is 0 Å². The Balaban J connectivity index is 4.41. The standard InChI is InChI=1S/C11H19N3O3/c1-4-8(2)9(10(15)16)13-11(17)14(3)7-5-6-12/h8-9H,4-5,7H2,1-3H3,(H,13,17)(H,15,16)/t8?,9-/m0/s1. The first-order valence-corrected chi connectivity index (χ1v) is 5.55. The first-order valence-electron chi connectivity index (χ1n) is 5.55. The summed E-state index contributed by atoms with van der Waals surface area (Å²) in [5, 5.41) is 19.8. The van der Waals surface area contributed by atoms with Crippen molar-refractivity contribution in [1.82, 2.24) is 10.2 Å². The Labute approximate surface area is 101 Å². The summed E-state index contributed by atoms with van der Waals surface area (Å²) < 4.78 is 0. The molecule has 0 saturated heterocycles. The second-order valence-corrected chi connectivity index (χ2v) is 3.98. The Morgan fingerprint density at radius 2 is 2.12 bits per heavy atom. The van der Waals surface area contributed by atoms with Crippen LogP contribution in [0.4, 0.5) is 4.79 Å². The molecule has 0 aromatic heterocycles. The molecule has 0 aliphatic rings.